The van der Waals surface area contributed by atoms with Gasteiger partial charge in [0.15, 0.2) is 16.3 Å². The molecule has 0 fully saturated rings. The third-order valence-electron chi connectivity index (χ3n) is 6.66. The summed E-state index contributed by atoms with van der Waals surface area (Å²) in [4.78, 5) is 42.6. The lowest BCUT2D eigenvalue weighted by Crippen LogP contribution is -2.40. The second-order valence-electron chi connectivity index (χ2n) is 9.34. The van der Waals surface area contributed by atoms with Crippen molar-refractivity contribution in [1.82, 2.24) is 4.57 Å². The summed E-state index contributed by atoms with van der Waals surface area (Å²) < 4.78 is 18.9. The maximum absolute atomic E-state index is 13.8. The first-order valence-corrected chi connectivity index (χ1v) is 13.9. The predicted octanol–water partition coefficient (Wildman–Crippen LogP) is 4.29. The summed E-state index contributed by atoms with van der Waals surface area (Å²) in [5.41, 5.74) is 2.49. The van der Waals surface area contributed by atoms with Crippen molar-refractivity contribution in [2.24, 2.45) is 4.99 Å². The number of thiazole rings is 1. The van der Waals surface area contributed by atoms with Crippen molar-refractivity contribution in [3.63, 3.8) is 0 Å². The van der Waals surface area contributed by atoms with Crippen molar-refractivity contribution in [2.45, 2.75) is 26.5 Å². The van der Waals surface area contributed by atoms with E-state index in [1.54, 1.807) is 50.3 Å². The number of fused-ring (bicyclic) bond motifs is 1. The Bertz CT molecular complexity index is 1860. The van der Waals surface area contributed by atoms with Crippen LogP contribution in [0.2, 0.25) is 0 Å². The fourth-order valence-electron chi connectivity index (χ4n) is 4.66. The summed E-state index contributed by atoms with van der Waals surface area (Å²) in [7, 11) is 1.53. The fourth-order valence-corrected chi connectivity index (χ4v) is 5.71. The van der Waals surface area contributed by atoms with E-state index >= 15 is 0 Å². The largest absolute Gasteiger partial charge is 0.493 e. The number of carbonyl (C=O) groups is 1. The Morgan fingerprint density at radius 2 is 1.83 bits per heavy atom. The van der Waals surface area contributed by atoms with Crippen molar-refractivity contribution >= 4 is 29.1 Å². The second-order valence-corrected chi connectivity index (χ2v) is 10.3. The monoisotopic (exact) mass is 585 g/mol. The van der Waals surface area contributed by atoms with Gasteiger partial charge in [0.05, 0.1) is 40.5 Å². The minimum Gasteiger partial charge on any atom is -0.493 e. The minimum absolute atomic E-state index is 0.0477. The Kier molecular flexibility index (Phi) is 8.30. The quantitative estimate of drug-likeness (QED) is 0.163. The highest BCUT2D eigenvalue weighted by atomic mass is 32.1. The van der Waals surface area contributed by atoms with Gasteiger partial charge >= 0.3 is 5.97 Å². The highest BCUT2D eigenvalue weighted by Crippen LogP contribution is 2.36. The van der Waals surface area contributed by atoms with E-state index in [-0.39, 0.29) is 23.4 Å². The van der Waals surface area contributed by atoms with Crippen molar-refractivity contribution in [3.8, 4) is 11.5 Å². The standard InChI is InChI=1S/C31H27N3O7S/c1-4-40-30(36)27-19(2)32-31-33(29(35)26(42-31)16-20-10-13-23(14-11-20)34(37)38)28(27)22-12-15-24(25(17-22)39-3)41-18-21-8-6-5-7-9-21/h5-17,28H,4,18H2,1-3H3. The third kappa shape index (κ3) is 5.72. The number of ether oxygens (including phenoxy) is 3. The number of rotatable bonds is 9. The Balaban J connectivity index is 1.60. The van der Waals surface area contributed by atoms with Crippen LogP contribution in [0.4, 0.5) is 5.69 Å². The molecule has 0 aliphatic carbocycles. The molecule has 214 valence electrons. The second kappa shape index (κ2) is 12.2. The number of carbonyl (C=O) groups excluding carboxylic acids is 1. The molecule has 4 aromatic rings. The Hall–Kier alpha value is -5.03. The van der Waals surface area contributed by atoms with Crippen LogP contribution >= 0.6 is 11.3 Å². The molecule has 11 heteroatoms. The molecule has 1 aliphatic heterocycles. The predicted molar refractivity (Wildman–Crippen MR) is 157 cm³/mol. The van der Waals surface area contributed by atoms with E-state index in [1.807, 2.05) is 30.3 Å². The molecular weight excluding hydrogens is 558 g/mol. The average molecular weight is 586 g/mol. The van der Waals surface area contributed by atoms with Gasteiger partial charge in [-0.05, 0) is 60.9 Å². The van der Waals surface area contributed by atoms with Gasteiger partial charge < -0.3 is 14.2 Å². The first kappa shape index (κ1) is 28.5. The molecule has 0 saturated carbocycles. The van der Waals surface area contributed by atoms with Gasteiger partial charge in [0.25, 0.3) is 11.2 Å². The molecule has 10 nitrogen and oxygen atoms in total. The lowest BCUT2D eigenvalue weighted by atomic mass is 9.95. The Morgan fingerprint density at radius 1 is 1.10 bits per heavy atom. The number of nitro groups is 1. The van der Waals surface area contributed by atoms with Crippen molar-refractivity contribution in [3.05, 3.63) is 131 Å². The van der Waals surface area contributed by atoms with Crippen molar-refractivity contribution < 1.29 is 23.9 Å². The van der Waals surface area contributed by atoms with Gasteiger partial charge in [-0.15, -0.1) is 0 Å². The van der Waals surface area contributed by atoms with Gasteiger partial charge in [-0.3, -0.25) is 19.5 Å². The molecule has 0 bridgehead atoms. The summed E-state index contributed by atoms with van der Waals surface area (Å²) in [6.45, 7) is 3.91. The van der Waals surface area contributed by atoms with Crippen LogP contribution in [0.5, 0.6) is 11.5 Å². The lowest BCUT2D eigenvalue weighted by Gasteiger charge is -2.25. The number of allylic oxidation sites excluding steroid dienone is 1. The number of benzene rings is 3. The fraction of sp³-hybridized carbons (Fsp3) is 0.194. The maximum atomic E-state index is 13.8. The number of hydrogen-bond acceptors (Lipinski definition) is 9. The molecule has 1 aromatic heterocycles. The van der Waals surface area contributed by atoms with Gasteiger partial charge in [-0.1, -0.05) is 47.7 Å². The van der Waals surface area contributed by atoms with Crippen LogP contribution in [-0.2, 0) is 16.1 Å². The number of non-ortho nitro benzene ring substituents is 1. The molecule has 0 N–H and O–H groups in total. The van der Waals surface area contributed by atoms with E-state index in [1.165, 1.54) is 35.1 Å². The topological polar surface area (TPSA) is 122 Å². The zero-order valence-electron chi connectivity index (χ0n) is 23.1. The van der Waals surface area contributed by atoms with Crippen LogP contribution in [0.3, 0.4) is 0 Å². The number of esters is 1. The summed E-state index contributed by atoms with van der Waals surface area (Å²) >= 11 is 1.17. The summed E-state index contributed by atoms with van der Waals surface area (Å²) in [5.74, 6) is 0.375. The molecule has 5 rings (SSSR count). The lowest BCUT2D eigenvalue weighted by molar-refractivity contribution is -0.384. The molecule has 0 radical (unpaired) electrons. The summed E-state index contributed by atoms with van der Waals surface area (Å²) in [6.07, 6.45) is 1.65. The van der Waals surface area contributed by atoms with Gasteiger partial charge in [0, 0.05) is 12.1 Å². The molecule has 3 aromatic carbocycles. The molecule has 1 aliphatic rings. The van der Waals surface area contributed by atoms with E-state index in [0.29, 0.717) is 44.3 Å². The SMILES string of the molecule is CCOC(=O)C1=C(C)N=c2sc(=Cc3ccc([N+](=O)[O-])cc3)c(=O)n2C1c1ccc(OCc2ccccc2)c(OC)c1. The van der Waals surface area contributed by atoms with Crippen LogP contribution in [0.1, 0.15) is 36.6 Å². The zero-order valence-corrected chi connectivity index (χ0v) is 23.9. The highest BCUT2D eigenvalue weighted by Gasteiger charge is 2.34. The average Bonchev–Trinajstić information content (AvgIpc) is 3.29. The molecule has 42 heavy (non-hydrogen) atoms. The number of methoxy groups -OCH3 is 1. The maximum Gasteiger partial charge on any atom is 0.338 e. The summed E-state index contributed by atoms with van der Waals surface area (Å²) in [5, 5.41) is 11.0. The Morgan fingerprint density at radius 3 is 2.50 bits per heavy atom. The molecule has 2 heterocycles. The van der Waals surface area contributed by atoms with E-state index in [9.17, 15) is 19.7 Å². The minimum atomic E-state index is -0.837. The van der Waals surface area contributed by atoms with Crippen LogP contribution in [0.15, 0.2) is 93.9 Å². The zero-order chi connectivity index (χ0) is 29.8. The number of aromatic nitrogens is 1. The normalized spacial score (nSPS) is 14.6. The molecular formula is C31H27N3O7S. The Labute approximate surface area is 244 Å². The molecule has 0 saturated heterocycles. The molecule has 0 spiro atoms. The van der Waals surface area contributed by atoms with E-state index in [4.69, 9.17) is 14.2 Å². The number of nitro benzene ring substituents is 1. The van der Waals surface area contributed by atoms with Gasteiger partial charge in [-0.25, -0.2) is 9.79 Å². The van der Waals surface area contributed by atoms with Crippen LogP contribution in [0, 0.1) is 10.1 Å². The smallest absolute Gasteiger partial charge is 0.338 e. The van der Waals surface area contributed by atoms with E-state index < -0.39 is 16.9 Å². The molecule has 1 atom stereocenters. The summed E-state index contributed by atoms with van der Waals surface area (Å²) in [6, 6.07) is 20.1. The highest BCUT2D eigenvalue weighted by molar-refractivity contribution is 7.07. The number of nitrogens with zero attached hydrogens (tertiary/aromatic N) is 3. The van der Waals surface area contributed by atoms with E-state index in [2.05, 4.69) is 4.99 Å². The number of hydrogen-bond donors (Lipinski definition) is 0. The van der Waals surface area contributed by atoms with Crippen molar-refractivity contribution in [2.75, 3.05) is 13.7 Å². The molecule has 0 amide bonds. The first-order valence-electron chi connectivity index (χ1n) is 13.1. The van der Waals surface area contributed by atoms with Gasteiger partial charge in [0.2, 0.25) is 0 Å². The van der Waals surface area contributed by atoms with Crippen LogP contribution < -0.4 is 24.4 Å². The van der Waals surface area contributed by atoms with Crippen LogP contribution in [0.25, 0.3) is 6.08 Å². The van der Waals surface area contributed by atoms with Gasteiger partial charge in [-0.2, -0.15) is 0 Å². The van der Waals surface area contributed by atoms with Crippen LogP contribution in [-0.4, -0.2) is 29.2 Å². The van der Waals surface area contributed by atoms with E-state index in [0.717, 1.165) is 5.56 Å². The van der Waals surface area contributed by atoms with Crippen molar-refractivity contribution in [1.29, 1.82) is 0 Å². The molecule has 1 unspecified atom stereocenters. The first-order chi connectivity index (χ1) is 20.3. The van der Waals surface area contributed by atoms with Gasteiger partial charge in [0.1, 0.15) is 6.61 Å². The third-order valence-corrected chi connectivity index (χ3v) is 7.64.